The Morgan fingerprint density at radius 3 is 0.750 bits per heavy atom. The Kier molecular flexibility index (Phi) is 83.3. The van der Waals surface area contributed by atoms with E-state index in [-0.39, 0.29) is 59.1 Å². The van der Waals surface area contributed by atoms with Gasteiger partial charge in [0.25, 0.3) is 0 Å². The van der Waals surface area contributed by atoms with Crippen LogP contribution in [-0.2, 0) is 0 Å². The standard InChI is InChI=1S/C2H6.2Na/c1-2;;/h1-2H3;;/q;2*+1. The van der Waals surface area contributed by atoms with Crippen molar-refractivity contribution in [3.63, 3.8) is 0 Å². The van der Waals surface area contributed by atoms with Crippen LogP contribution < -0.4 is 59.1 Å². The molecule has 2 heteroatoms. The Balaban J connectivity index is -0.00000000500. The third kappa shape index (κ3) is 9.00. The first-order chi connectivity index (χ1) is 1.00. The quantitative estimate of drug-likeness (QED) is 0.253. The zero-order valence-corrected chi connectivity index (χ0v) is 8.00. The number of hydrogen-bond acceptors (Lipinski definition) is 0. The average Bonchev–Trinajstić information content (AvgIpc) is 1.00. The van der Waals surface area contributed by atoms with Gasteiger partial charge in [-0.3, -0.25) is 0 Å². The fourth-order valence-electron chi connectivity index (χ4n) is 0. The summed E-state index contributed by atoms with van der Waals surface area (Å²) in [4.78, 5) is 0. The van der Waals surface area contributed by atoms with Gasteiger partial charge in [-0.15, -0.1) is 0 Å². The van der Waals surface area contributed by atoms with Gasteiger partial charge >= 0.3 is 59.1 Å². The number of rotatable bonds is 0. The monoisotopic (exact) mass is 76.0 g/mol. The van der Waals surface area contributed by atoms with E-state index in [1.807, 2.05) is 13.8 Å². The summed E-state index contributed by atoms with van der Waals surface area (Å²) in [5, 5.41) is 0. The van der Waals surface area contributed by atoms with Crippen LogP contribution in [0.2, 0.25) is 0 Å². The Labute approximate surface area is 71.9 Å². The molecule has 0 spiro atoms. The molecular formula is C2H6Na2+2. The van der Waals surface area contributed by atoms with Crippen LogP contribution >= 0.6 is 0 Å². The van der Waals surface area contributed by atoms with Gasteiger partial charge in [-0.25, -0.2) is 0 Å². The van der Waals surface area contributed by atoms with Gasteiger partial charge in [-0.1, -0.05) is 13.8 Å². The summed E-state index contributed by atoms with van der Waals surface area (Å²) in [5.41, 5.74) is 0. The topological polar surface area (TPSA) is 0 Å². The molecule has 14 valence electrons. The van der Waals surface area contributed by atoms with Crippen molar-refractivity contribution in [1.29, 1.82) is 0 Å². The first-order valence-corrected chi connectivity index (χ1v) is 1.00. The van der Waals surface area contributed by atoms with Crippen LogP contribution in [0.5, 0.6) is 0 Å². The largest absolute Gasteiger partial charge is 1.00 e. The molecule has 0 amide bonds. The van der Waals surface area contributed by atoms with E-state index in [1.54, 1.807) is 0 Å². The van der Waals surface area contributed by atoms with Crippen molar-refractivity contribution >= 4 is 0 Å². The summed E-state index contributed by atoms with van der Waals surface area (Å²) in [6, 6.07) is 0. The third-order valence-electron chi connectivity index (χ3n) is 0. The molecule has 0 nitrogen and oxygen atoms in total. The first kappa shape index (κ1) is 16.7. The van der Waals surface area contributed by atoms with Gasteiger partial charge in [-0.2, -0.15) is 0 Å². The van der Waals surface area contributed by atoms with E-state index in [0.29, 0.717) is 0 Å². The molecule has 0 aromatic carbocycles. The predicted molar refractivity (Wildman–Crippen MR) is 11.3 cm³/mol. The second kappa shape index (κ2) is 20.0. The van der Waals surface area contributed by atoms with Crippen molar-refractivity contribution in [1.82, 2.24) is 0 Å². The Morgan fingerprint density at radius 2 is 0.750 bits per heavy atom. The van der Waals surface area contributed by atoms with Crippen molar-refractivity contribution in [3.05, 3.63) is 0 Å². The van der Waals surface area contributed by atoms with E-state index in [4.69, 9.17) is 0 Å². The van der Waals surface area contributed by atoms with E-state index < -0.39 is 0 Å². The summed E-state index contributed by atoms with van der Waals surface area (Å²) in [6.07, 6.45) is 0. The molecule has 0 aromatic rings. The second-order valence-corrected chi connectivity index (χ2v) is 0. The summed E-state index contributed by atoms with van der Waals surface area (Å²) in [5.74, 6) is 0. The van der Waals surface area contributed by atoms with Crippen LogP contribution in [-0.4, -0.2) is 0 Å². The smallest absolute Gasteiger partial charge is 0.0683 e. The molecule has 0 heterocycles. The third-order valence-corrected chi connectivity index (χ3v) is 0. The Hall–Kier alpha value is 2.00. The average molecular weight is 76.0 g/mol. The molecular weight excluding hydrogens is 70.0 g/mol. The van der Waals surface area contributed by atoms with Gasteiger partial charge in [-0.05, 0) is 0 Å². The van der Waals surface area contributed by atoms with Gasteiger partial charge < -0.3 is 0 Å². The molecule has 0 N–H and O–H groups in total. The van der Waals surface area contributed by atoms with E-state index >= 15 is 0 Å². The first-order valence-electron chi connectivity index (χ1n) is 1.00. The van der Waals surface area contributed by atoms with Gasteiger partial charge in [0.2, 0.25) is 0 Å². The van der Waals surface area contributed by atoms with Crippen molar-refractivity contribution in [3.8, 4) is 0 Å². The number of hydrogen-bond donors (Lipinski definition) is 0. The SMILES string of the molecule is CC.[Na+].[Na+]. The minimum Gasteiger partial charge on any atom is -0.0683 e. The fourth-order valence-corrected chi connectivity index (χ4v) is 0. The van der Waals surface area contributed by atoms with Crippen LogP contribution in [0.15, 0.2) is 0 Å². The Bertz CT molecular complexity index is 4.00. The van der Waals surface area contributed by atoms with Crippen LogP contribution in [0.3, 0.4) is 0 Å². The molecule has 0 aliphatic rings. The molecule has 0 unspecified atom stereocenters. The molecule has 0 saturated heterocycles. The van der Waals surface area contributed by atoms with Crippen molar-refractivity contribution in [2.24, 2.45) is 0 Å². The van der Waals surface area contributed by atoms with Gasteiger partial charge in [0.1, 0.15) is 0 Å². The van der Waals surface area contributed by atoms with Gasteiger partial charge in [0.15, 0.2) is 0 Å². The Morgan fingerprint density at radius 1 is 0.750 bits per heavy atom. The van der Waals surface area contributed by atoms with E-state index in [1.165, 1.54) is 0 Å². The molecule has 0 saturated carbocycles. The molecule has 0 rings (SSSR count). The maximum absolute atomic E-state index is 2.00. The van der Waals surface area contributed by atoms with Crippen LogP contribution in [0.4, 0.5) is 0 Å². The molecule has 0 atom stereocenters. The van der Waals surface area contributed by atoms with E-state index in [2.05, 4.69) is 0 Å². The summed E-state index contributed by atoms with van der Waals surface area (Å²) < 4.78 is 0. The maximum Gasteiger partial charge on any atom is 1.00 e. The zero-order valence-electron chi connectivity index (χ0n) is 4.00. The van der Waals surface area contributed by atoms with E-state index in [0.717, 1.165) is 0 Å². The van der Waals surface area contributed by atoms with Crippen molar-refractivity contribution in [2.45, 2.75) is 13.8 Å². The summed E-state index contributed by atoms with van der Waals surface area (Å²) >= 11 is 0. The fraction of sp³-hybridized carbons (Fsp3) is 1.00. The minimum absolute atomic E-state index is 0. The molecule has 4 heavy (non-hydrogen) atoms. The molecule has 0 bridgehead atoms. The van der Waals surface area contributed by atoms with Crippen LogP contribution in [0.1, 0.15) is 13.8 Å². The minimum atomic E-state index is 0. The predicted octanol–water partition coefficient (Wildman–Crippen LogP) is -4.97. The molecule has 0 aliphatic carbocycles. The molecule has 0 fully saturated rings. The molecule has 0 aromatic heterocycles. The van der Waals surface area contributed by atoms with Crippen molar-refractivity contribution in [2.75, 3.05) is 0 Å². The zero-order chi connectivity index (χ0) is 2.00. The second-order valence-electron chi connectivity index (χ2n) is 0. The molecule has 0 aliphatic heterocycles. The molecule has 0 radical (unpaired) electrons. The summed E-state index contributed by atoms with van der Waals surface area (Å²) in [7, 11) is 0. The van der Waals surface area contributed by atoms with Gasteiger partial charge in [0.05, 0.1) is 0 Å². The van der Waals surface area contributed by atoms with Crippen LogP contribution in [0.25, 0.3) is 0 Å². The van der Waals surface area contributed by atoms with Gasteiger partial charge in [0, 0.05) is 0 Å². The maximum atomic E-state index is 2.00. The van der Waals surface area contributed by atoms with Crippen LogP contribution in [0, 0.1) is 0 Å². The summed E-state index contributed by atoms with van der Waals surface area (Å²) in [6.45, 7) is 4.00. The normalized spacial score (nSPS) is 1.50. The van der Waals surface area contributed by atoms with E-state index in [9.17, 15) is 0 Å². The van der Waals surface area contributed by atoms with Crippen molar-refractivity contribution < 1.29 is 59.1 Å².